The summed E-state index contributed by atoms with van der Waals surface area (Å²) in [6.45, 7) is 9.24. The highest BCUT2D eigenvalue weighted by Gasteiger charge is 2.22. The first-order chi connectivity index (χ1) is 14.3. The number of nitrogens with one attached hydrogen (secondary N) is 1. The van der Waals surface area contributed by atoms with Gasteiger partial charge in [-0.3, -0.25) is 9.59 Å². The molecular formula is C24H27N3O3. The number of amides is 1. The van der Waals surface area contributed by atoms with Crippen LogP contribution in [-0.4, -0.2) is 27.8 Å². The molecule has 30 heavy (non-hydrogen) atoms. The standard InChI is InChI=1S/C24H27N3O3/c1-15-11-12-16(2)22(13-15)25-24(29)19(5)30-23(28)14-21-17(3)26-27(18(21)4)20-9-7-6-8-10-20/h6-13,19H,14H2,1-5H3,(H,25,29)/t19-/m0/s1. The number of carbonyl (C=O) groups is 2. The zero-order valence-electron chi connectivity index (χ0n) is 18.0. The van der Waals surface area contributed by atoms with Crippen molar-refractivity contribution in [3.8, 4) is 5.69 Å². The molecule has 0 unspecified atom stereocenters. The lowest BCUT2D eigenvalue weighted by molar-refractivity contribution is -0.152. The highest BCUT2D eigenvalue weighted by Crippen LogP contribution is 2.20. The van der Waals surface area contributed by atoms with Crippen LogP contribution in [0.2, 0.25) is 0 Å². The predicted molar refractivity (Wildman–Crippen MR) is 117 cm³/mol. The van der Waals surface area contributed by atoms with E-state index in [1.807, 2.05) is 80.9 Å². The Kier molecular flexibility index (Phi) is 6.35. The minimum absolute atomic E-state index is 0.0611. The summed E-state index contributed by atoms with van der Waals surface area (Å²) in [6.07, 6.45) is -0.840. The Bertz CT molecular complexity index is 1070. The van der Waals surface area contributed by atoms with E-state index in [1.165, 1.54) is 0 Å². The third-order valence-corrected chi connectivity index (χ3v) is 5.09. The number of rotatable bonds is 6. The quantitative estimate of drug-likeness (QED) is 0.623. The van der Waals surface area contributed by atoms with Crippen molar-refractivity contribution in [1.82, 2.24) is 9.78 Å². The number of aryl methyl sites for hydroxylation is 3. The van der Waals surface area contributed by atoms with E-state index in [0.29, 0.717) is 0 Å². The van der Waals surface area contributed by atoms with Crippen LogP contribution in [0.3, 0.4) is 0 Å². The molecule has 0 aliphatic heterocycles. The van der Waals surface area contributed by atoms with E-state index in [2.05, 4.69) is 10.4 Å². The molecule has 0 fully saturated rings. The third-order valence-electron chi connectivity index (χ3n) is 5.09. The normalized spacial score (nSPS) is 11.8. The average Bonchev–Trinajstić information content (AvgIpc) is 2.99. The smallest absolute Gasteiger partial charge is 0.311 e. The zero-order valence-corrected chi connectivity index (χ0v) is 18.0. The molecule has 156 valence electrons. The van der Waals surface area contributed by atoms with Crippen LogP contribution < -0.4 is 5.32 Å². The first-order valence-corrected chi connectivity index (χ1v) is 9.94. The zero-order chi connectivity index (χ0) is 21.8. The molecule has 0 saturated carbocycles. The highest BCUT2D eigenvalue weighted by atomic mass is 16.5. The molecule has 3 aromatic rings. The molecule has 0 aliphatic rings. The summed E-state index contributed by atoms with van der Waals surface area (Å²) < 4.78 is 7.21. The summed E-state index contributed by atoms with van der Waals surface area (Å²) in [5, 5.41) is 7.39. The summed E-state index contributed by atoms with van der Waals surface area (Å²) in [4.78, 5) is 25.0. The molecule has 0 saturated heterocycles. The number of esters is 1. The van der Waals surface area contributed by atoms with Crippen LogP contribution in [0.25, 0.3) is 5.69 Å². The van der Waals surface area contributed by atoms with Crippen molar-refractivity contribution in [2.45, 2.75) is 47.1 Å². The fraction of sp³-hybridized carbons (Fsp3) is 0.292. The van der Waals surface area contributed by atoms with E-state index in [-0.39, 0.29) is 12.3 Å². The van der Waals surface area contributed by atoms with Crippen LogP contribution in [-0.2, 0) is 20.7 Å². The van der Waals surface area contributed by atoms with Crippen molar-refractivity contribution >= 4 is 17.6 Å². The minimum atomic E-state index is -0.901. The Hall–Kier alpha value is -3.41. The van der Waals surface area contributed by atoms with Gasteiger partial charge in [0.05, 0.1) is 17.8 Å². The molecule has 1 aromatic heterocycles. The van der Waals surface area contributed by atoms with Crippen molar-refractivity contribution in [1.29, 1.82) is 0 Å². The lowest BCUT2D eigenvalue weighted by atomic mass is 10.1. The lowest BCUT2D eigenvalue weighted by Crippen LogP contribution is -2.30. The summed E-state index contributed by atoms with van der Waals surface area (Å²) in [5.41, 5.74) is 6.10. The maximum Gasteiger partial charge on any atom is 0.311 e. The van der Waals surface area contributed by atoms with E-state index in [9.17, 15) is 9.59 Å². The van der Waals surface area contributed by atoms with Crippen molar-refractivity contribution in [3.05, 3.63) is 76.6 Å². The lowest BCUT2D eigenvalue weighted by Gasteiger charge is -2.15. The maximum absolute atomic E-state index is 12.5. The predicted octanol–water partition coefficient (Wildman–Crippen LogP) is 4.22. The van der Waals surface area contributed by atoms with Gasteiger partial charge in [-0.2, -0.15) is 5.10 Å². The fourth-order valence-corrected chi connectivity index (χ4v) is 3.29. The number of hydrogen-bond donors (Lipinski definition) is 1. The first kappa shape index (κ1) is 21.3. The van der Waals surface area contributed by atoms with Gasteiger partial charge in [0.2, 0.25) is 0 Å². The van der Waals surface area contributed by atoms with Gasteiger partial charge in [-0.15, -0.1) is 0 Å². The summed E-state index contributed by atoms with van der Waals surface area (Å²) in [5.74, 6) is -0.817. The van der Waals surface area contributed by atoms with Gasteiger partial charge < -0.3 is 10.1 Å². The van der Waals surface area contributed by atoms with Gasteiger partial charge in [-0.25, -0.2) is 4.68 Å². The van der Waals surface area contributed by atoms with Gasteiger partial charge >= 0.3 is 5.97 Å². The number of carbonyl (C=O) groups excluding carboxylic acids is 2. The molecule has 2 aromatic carbocycles. The topological polar surface area (TPSA) is 73.2 Å². The second kappa shape index (κ2) is 8.95. The van der Waals surface area contributed by atoms with Crippen LogP contribution in [0.5, 0.6) is 0 Å². The molecule has 0 spiro atoms. The molecule has 1 N–H and O–H groups in total. The number of ether oxygens (including phenoxy) is 1. The molecular weight excluding hydrogens is 378 g/mol. The van der Waals surface area contributed by atoms with Gasteiger partial charge in [0.25, 0.3) is 5.91 Å². The molecule has 0 radical (unpaired) electrons. The van der Waals surface area contributed by atoms with Gasteiger partial charge in [0.15, 0.2) is 6.10 Å². The molecule has 6 nitrogen and oxygen atoms in total. The van der Waals surface area contributed by atoms with Gasteiger partial charge in [-0.1, -0.05) is 30.3 Å². The van der Waals surface area contributed by atoms with Crippen LogP contribution in [0, 0.1) is 27.7 Å². The minimum Gasteiger partial charge on any atom is -0.452 e. The Morgan fingerprint density at radius 2 is 1.77 bits per heavy atom. The van der Waals surface area contributed by atoms with E-state index in [1.54, 1.807) is 6.92 Å². The molecule has 1 amide bonds. The van der Waals surface area contributed by atoms with Crippen LogP contribution in [0.4, 0.5) is 5.69 Å². The largest absolute Gasteiger partial charge is 0.452 e. The second-order valence-electron chi connectivity index (χ2n) is 7.51. The van der Waals surface area contributed by atoms with Crippen molar-refractivity contribution < 1.29 is 14.3 Å². The van der Waals surface area contributed by atoms with Gasteiger partial charge in [0.1, 0.15) is 0 Å². The number of anilines is 1. The number of benzene rings is 2. The molecule has 1 heterocycles. The Morgan fingerprint density at radius 3 is 2.47 bits per heavy atom. The average molecular weight is 405 g/mol. The SMILES string of the molecule is Cc1ccc(C)c(NC(=O)[C@H](C)OC(=O)Cc2c(C)nn(-c3ccccc3)c2C)c1. The molecule has 1 atom stereocenters. The van der Waals surface area contributed by atoms with Crippen LogP contribution >= 0.6 is 0 Å². The van der Waals surface area contributed by atoms with Crippen molar-refractivity contribution in [2.75, 3.05) is 5.32 Å². The van der Waals surface area contributed by atoms with E-state index in [0.717, 1.165) is 39.5 Å². The fourth-order valence-electron chi connectivity index (χ4n) is 3.29. The van der Waals surface area contributed by atoms with Gasteiger partial charge in [-0.05, 0) is 63.9 Å². The number of hydrogen-bond acceptors (Lipinski definition) is 4. The monoisotopic (exact) mass is 405 g/mol. The number of aromatic nitrogens is 2. The summed E-state index contributed by atoms with van der Waals surface area (Å²) in [7, 11) is 0. The van der Waals surface area contributed by atoms with Crippen molar-refractivity contribution in [3.63, 3.8) is 0 Å². The summed E-state index contributed by atoms with van der Waals surface area (Å²) in [6, 6.07) is 15.6. The van der Waals surface area contributed by atoms with Crippen molar-refractivity contribution in [2.24, 2.45) is 0 Å². The second-order valence-corrected chi connectivity index (χ2v) is 7.51. The Morgan fingerprint density at radius 1 is 1.07 bits per heavy atom. The molecule has 6 heteroatoms. The number of para-hydroxylation sites is 1. The molecule has 0 bridgehead atoms. The van der Waals surface area contributed by atoms with Gasteiger partial charge in [0, 0.05) is 16.9 Å². The molecule has 3 rings (SSSR count). The maximum atomic E-state index is 12.5. The van der Waals surface area contributed by atoms with Crippen LogP contribution in [0.15, 0.2) is 48.5 Å². The van der Waals surface area contributed by atoms with E-state index >= 15 is 0 Å². The highest BCUT2D eigenvalue weighted by molar-refractivity contribution is 5.95. The molecule has 0 aliphatic carbocycles. The van der Waals surface area contributed by atoms with E-state index in [4.69, 9.17) is 4.74 Å². The Balaban J connectivity index is 1.66. The van der Waals surface area contributed by atoms with Crippen LogP contribution in [0.1, 0.15) is 35.0 Å². The van der Waals surface area contributed by atoms with E-state index < -0.39 is 12.1 Å². The number of nitrogens with zero attached hydrogens (tertiary/aromatic N) is 2. The Labute approximate surface area is 176 Å². The first-order valence-electron chi connectivity index (χ1n) is 9.94. The third kappa shape index (κ3) is 4.76. The summed E-state index contributed by atoms with van der Waals surface area (Å²) >= 11 is 0.